The molecule has 1 aromatic carbocycles. The lowest BCUT2D eigenvalue weighted by Gasteiger charge is -2.40. The van der Waals surface area contributed by atoms with Crippen LogP contribution in [0.1, 0.15) is 36.2 Å². The van der Waals surface area contributed by atoms with Crippen molar-refractivity contribution in [3.05, 3.63) is 47.3 Å². The molecule has 0 bridgehead atoms. The highest BCUT2D eigenvalue weighted by Gasteiger charge is 2.42. The third-order valence-electron chi connectivity index (χ3n) is 6.23. The van der Waals surface area contributed by atoms with Gasteiger partial charge < -0.3 is 15.5 Å². The first-order chi connectivity index (χ1) is 14.0. The number of likely N-dealkylation sites (tertiary alicyclic amines) is 1. The number of para-hydroxylation sites is 1. The van der Waals surface area contributed by atoms with E-state index in [0.29, 0.717) is 13.0 Å². The van der Waals surface area contributed by atoms with Crippen LogP contribution in [0, 0.1) is 19.3 Å². The van der Waals surface area contributed by atoms with Gasteiger partial charge in [0.25, 0.3) is 0 Å². The van der Waals surface area contributed by atoms with Gasteiger partial charge in [0.05, 0.1) is 11.4 Å². The summed E-state index contributed by atoms with van der Waals surface area (Å²) in [5, 5.41) is 11.3. The molecule has 2 fully saturated rings. The standard InChI is InChI=1S/C22H30N6O.HI/c1-16-19(17(2)28(26-16)18-8-5-4-6-9-18)13-24-21(23-3)27-11-7-10-22(15-27)12-20(29)25-14-22;/h4-6,8-9H,7,10-15H2,1-3H3,(H,23,24)(H,25,29);1H. The van der Waals surface area contributed by atoms with Crippen molar-refractivity contribution in [2.45, 2.75) is 39.7 Å². The molecule has 1 spiro atoms. The van der Waals surface area contributed by atoms with Crippen LogP contribution in [0.5, 0.6) is 0 Å². The minimum atomic E-state index is 0. The molecular formula is C22H31IN6O. The smallest absolute Gasteiger partial charge is 0.220 e. The van der Waals surface area contributed by atoms with Gasteiger partial charge in [-0.05, 0) is 38.8 Å². The lowest BCUT2D eigenvalue weighted by molar-refractivity contribution is -0.119. The number of benzene rings is 1. The van der Waals surface area contributed by atoms with Gasteiger partial charge in [-0.2, -0.15) is 5.10 Å². The van der Waals surface area contributed by atoms with E-state index in [1.54, 1.807) is 0 Å². The molecule has 2 aromatic rings. The van der Waals surface area contributed by atoms with E-state index < -0.39 is 0 Å². The molecule has 2 aliphatic rings. The summed E-state index contributed by atoms with van der Waals surface area (Å²) in [5.74, 6) is 1.07. The second kappa shape index (κ2) is 9.36. The monoisotopic (exact) mass is 522 g/mol. The molecule has 7 nitrogen and oxygen atoms in total. The third-order valence-corrected chi connectivity index (χ3v) is 6.23. The highest BCUT2D eigenvalue weighted by molar-refractivity contribution is 14.0. The topological polar surface area (TPSA) is 74.6 Å². The van der Waals surface area contributed by atoms with Crippen molar-refractivity contribution in [1.82, 2.24) is 25.3 Å². The quantitative estimate of drug-likeness (QED) is 0.370. The van der Waals surface area contributed by atoms with E-state index in [4.69, 9.17) is 5.10 Å². The maximum atomic E-state index is 11.8. The van der Waals surface area contributed by atoms with Gasteiger partial charge in [-0.1, -0.05) is 18.2 Å². The Kier molecular flexibility index (Phi) is 7.05. The van der Waals surface area contributed by atoms with E-state index in [-0.39, 0.29) is 35.3 Å². The van der Waals surface area contributed by atoms with Crippen molar-refractivity contribution < 1.29 is 4.79 Å². The molecule has 0 radical (unpaired) electrons. The van der Waals surface area contributed by atoms with E-state index in [1.165, 1.54) is 5.56 Å². The van der Waals surface area contributed by atoms with Crippen LogP contribution in [-0.4, -0.2) is 53.2 Å². The summed E-state index contributed by atoms with van der Waals surface area (Å²) in [6, 6.07) is 10.2. The van der Waals surface area contributed by atoms with Crippen LogP contribution in [0.25, 0.3) is 5.69 Å². The summed E-state index contributed by atoms with van der Waals surface area (Å²) >= 11 is 0. The first-order valence-corrected chi connectivity index (χ1v) is 10.3. The number of nitrogens with one attached hydrogen (secondary N) is 2. The van der Waals surface area contributed by atoms with Crippen molar-refractivity contribution >= 4 is 35.8 Å². The zero-order valence-corrected chi connectivity index (χ0v) is 20.3. The molecule has 30 heavy (non-hydrogen) atoms. The molecule has 2 saturated heterocycles. The van der Waals surface area contributed by atoms with Crippen molar-refractivity contribution in [1.29, 1.82) is 0 Å². The molecule has 2 aliphatic heterocycles. The fourth-order valence-electron chi connectivity index (χ4n) is 4.68. The van der Waals surface area contributed by atoms with Crippen molar-refractivity contribution in [3.63, 3.8) is 0 Å². The zero-order valence-electron chi connectivity index (χ0n) is 17.9. The summed E-state index contributed by atoms with van der Waals surface area (Å²) in [5.41, 5.74) is 4.48. The molecule has 1 unspecified atom stereocenters. The SMILES string of the molecule is CN=C(NCc1c(C)nn(-c2ccccc2)c1C)N1CCCC2(CNC(=O)C2)C1.I. The number of piperidine rings is 1. The van der Waals surface area contributed by atoms with E-state index in [0.717, 1.165) is 55.5 Å². The van der Waals surface area contributed by atoms with Crippen molar-refractivity contribution in [2.24, 2.45) is 10.4 Å². The average Bonchev–Trinajstić information content (AvgIpc) is 3.22. The van der Waals surface area contributed by atoms with Gasteiger partial charge in [-0.3, -0.25) is 9.79 Å². The first kappa shape index (κ1) is 22.6. The predicted molar refractivity (Wildman–Crippen MR) is 130 cm³/mol. The molecular weight excluding hydrogens is 491 g/mol. The minimum absolute atomic E-state index is 0. The first-order valence-electron chi connectivity index (χ1n) is 10.3. The second-order valence-corrected chi connectivity index (χ2v) is 8.28. The number of hydrogen-bond acceptors (Lipinski definition) is 3. The van der Waals surface area contributed by atoms with Crippen molar-refractivity contribution in [3.8, 4) is 5.69 Å². The number of aryl methyl sites for hydroxylation is 1. The molecule has 1 atom stereocenters. The Morgan fingerprint density at radius 2 is 2.07 bits per heavy atom. The maximum absolute atomic E-state index is 11.8. The van der Waals surface area contributed by atoms with E-state index >= 15 is 0 Å². The van der Waals surface area contributed by atoms with Crippen LogP contribution >= 0.6 is 24.0 Å². The van der Waals surface area contributed by atoms with Crippen LogP contribution in [0.3, 0.4) is 0 Å². The van der Waals surface area contributed by atoms with Crippen LogP contribution in [-0.2, 0) is 11.3 Å². The average molecular weight is 522 g/mol. The predicted octanol–water partition coefficient (Wildman–Crippen LogP) is 2.78. The number of hydrogen-bond donors (Lipinski definition) is 2. The molecule has 3 heterocycles. The Morgan fingerprint density at radius 1 is 1.30 bits per heavy atom. The number of aliphatic imine (C=N–C) groups is 1. The Balaban J connectivity index is 0.00000256. The molecule has 2 N–H and O–H groups in total. The van der Waals surface area contributed by atoms with Crippen LogP contribution < -0.4 is 10.6 Å². The van der Waals surface area contributed by atoms with Gasteiger partial charge >= 0.3 is 0 Å². The lowest BCUT2D eigenvalue weighted by atomic mass is 9.79. The van der Waals surface area contributed by atoms with Crippen molar-refractivity contribution in [2.75, 3.05) is 26.7 Å². The minimum Gasteiger partial charge on any atom is -0.355 e. The number of carbonyl (C=O) groups excluding carboxylic acids is 1. The number of halogens is 1. The van der Waals surface area contributed by atoms with Gasteiger partial charge in [0, 0.05) is 56.3 Å². The molecule has 8 heteroatoms. The van der Waals surface area contributed by atoms with Gasteiger partial charge in [-0.25, -0.2) is 4.68 Å². The fourth-order valence-corrected chi connectivity index (χ4v) is 4.68. The van der Waals surface area contributed by atoms with E-state index in [2.05, 4.69) is 46.5 Å². The third kappa shape index (κ3) is 4.48. The van der Waals surface area contributed by atoms with Gasteiger partial charge in [0.2, 0.25) is 5.91 Å². The second-order valence-electron chi connectivity index (χ2n) is 8.28. The molecule has 162 valence electrons. The van der Waals surface area contributed by atoms with Crippen LogP contribution in [0.2, 0.25) is 0 Å². The van der Waals surface area contributed by atoms with Gasteiger partial charge in [-0.15, -0.1) is 24.0 Å². The molecule has 0 saturated carbocycles. The molecule has 1 amide bonds. The number of nitrogens with zero attached hydrogens (tertiary/aromatic N) is 4. The summed E-state index contributed by atoms with van der Waals surface area (Å²) in [6.07, 6.45) is 2.81. The maximum Gasteiger partial charge on any atom is 0.220 e. The normalized spacial score (nSPS) is 21.5. The lowest BCUT2D eigenvalue weighted by Crippen LogP contribution is -2.51. The zero-order chi connectivity index (χ0) is 20.4. The highest BCUT2D eigenvalue weighted by Crippen LogP contribution is 2.36. The van der Waals surface area contributed by atoms with E-state index in [1.807, 2.05) is 29.9 Å². The van der Waals surface area contributed by atoms with Crippen LogP contribution in [0.4, 0.5) is 0 Å². The summed E-state index contributed by atoms with van der Waals surface area (Å²) in [6.45, 7) is 7.46. The van der Waals surface area contributed by atoms with E-state index in [9.17, 15) is 4.79 Å². The van der Waals surface area contributed by atoms with Gasteiger partial charge in [0.15, 0.2) is 5.96 Å². The largest absolute Gasteiger partial charge is 0.355 e. The van der Waals surface area contributed by atoms with Gasteiger partial charge in [0.1, 0.15) is 0 Å². The molecule has 0 aliphatic carbocycles. The highest BCUT2D eigenvalue weighted by atomic mass is 127. The number of amides is 1. The number of aromatic nitrogens is 2. The summed E-state index contributed by atoms with van der Waals surface area (Å²) in [4.78, 5) is 18.6. The van der Waals surface area contributed by atoms with Crippen LogP contribution in [0.15, 0.2) is 35.3 Å². The Morgan fingerprint density at radius 3 is 2.73 bits per heavy atom. The fraction of sp³-hybridized carbons (Fsp3) is 0.500. The Labute approximate surface area is 195 Å². The molecule has 4 rings (SSSR count). The number of rotatable bonds is 3. The summed E-state index contributed by atoms with van der Waals surface area (Å²) in [7, 11) is 1.83. The molecule has 1 aromatic heterocycles. The Bertz CT molecular complexity index is 925. The number of carbonyl (C=O) groups is 1. The summed E-state index contributed by atoms with van der Waals surface area (Å²) < 4.78 is 2.00. The Hall–Kier alpha value is -2.10. The number of guanidine groups is 1.